The number of hydrogen-bond acceptors (Lipinski definition) is 1. The highest BCUT2D eigenvalue weighted by molar-refractivity contribution is 4.87. The molecule has 0 amide bonds. The first-order chi connectivity index (χ1) is 5.86. The molecule has 1 heteroatoms. The van der Waals surface area contributed by atoms with Crippen molar-refractivity contribution in [3.05, 3.63) is 0 Å². The Morgan fingerprint density at radius 1 is 0.917 bits per heavy atom. The minimum absolute atomic E-state index is 0.789. The average molecular weight is 167 g/mol. The van der Waals surface area contributed by atoms with E-state index < -0.39 is 0 Å². The molecule has 2 aliphatic rings. The predicted molar refractivity (Wildman–Crippen MR) is 52.2 cm³/mol. The minimum Gasteiger partial charge on any atom is -0.311 e. The molecule has 2 atom stereocenters. The molecule has 70 valence electrons. The van der Waals surface area contributed by atoms with Gasteiger partial charge in [-0.15, -0.1) is 0 Å². The molecule has 0 aromatic heterocycles. The third kappa shape index (κ3) is 1.82. The van der Waals surface area contributed by atoms with E-state index >= 15 is 0 Å². The van der Waals surface area contributed by atoms with E-state index in [1.165, 1.54) is 44.9 Å². The van der Waals surface area contributed by atoms with Crippen molar-refractivity contribution in [2.24, 2.45) is 5.92 Å². The maximum absolute atomic E-state index is 3.72. The SMILES string of the molecule is C[C@H]1CC[C@H](C2CCCCC2)N1. The van der Waals surface area contributed by atoms with Gasteiger partial charge in [0.15, 0.2) is 0 Å². The first kappa shape index (κ1) is 8.55. The van der Waals surface area contributed by atoms with Gasteiger partial charge in [-0.2, -0.15) is 0 Å². The average Bonchev–Trinajstić information content (AvgIpc) is 2.54. The number of nitrogens with one attached hydrogen (secondary N) is 1. The zero-order valence-electron chi connectivity index (χ0n) is 8.18. The lowest BCUT2D eigenvalue weighted by molar-refractivity contribution is 0.283. The lowest BCUT2D eigenvalue weighted by Gasteiger charge is -2.27. The van der Waals surface area contributed by atoms with Crippen LogP contribution in [0, 0.1) is 5.92 Å². The summed E-state index contributed by atoms with van der Waals surface area (Å²) in [7, 11) is 0. The topological polar surface area (TPSA) is 12.0 Å². The van der Waals surface area contributed by atoms with Crippen LogP contribution < -0.4 is 5.32 Å². The Kier molecular flexibility index (Phi) is 2.69. The third-order valence-electron chi connectivity index (χ3n) is 3.63. The van der Waals surface area contributed by atoms with Crippen molar-refractivity contribution in [1.82, 2.24) is 5.32 Å². The van der Waals surface area contributed by atoms with Gasteiger partial charge >= 0.3 is 0 Å². The molecule has 1 saturated carbocycles. The molecule has 1 saturated heterocycles. The molecule has 1 nitrogen and oxygen atoms in total. The van der Waals surface area contributed by atoms with Gasteiger partial charge in [0.1, 0.15) is 0 Å². The monoisotopic (exact) mass is 167 g/mol. The van der Waals surface area contributed by atoms with Crippen LogP contribution in [0.25, 0.3) is 0 Å². The summed E-state index contributed by atoms with van der Waals surface area (Å²) >= 11 is 0. The van der Waals surface area contributed by atoms with Crippen LogP contribution in [0.5, 0.6) is 0 Å². The molecule has 1 aliphatic carbocycles. The van der Waals surface area contributed by atoms with Crippen molar-refractivity contribution >= 4 is 0 Å². The molecular formula is C11H21N. The Bertz CT molecular complexity index is 135. The van der Waals surface area contributed by atoms with E-state index in [4.69, 9.17) is 0 Å². The smallest absolute Gasteiger partial charge is 0.00983 e. The van der Waals surface area contributed by atoms with Crippen molar-refractivity contribution in [3.8, 4) is 0 Å². The Hall–Kier alpha value is -0.0400. The van der Waals surface area contributed by atoms with E-state index in [0.717, 1.165) is 18.0 Å². The van der Waals surface area contributed by atoms with Crippen molar-refractivity contribution in [2.45, 2.75) is 64.0 Å². The summed E-state index contributed by atoms with van der Waals surface area (Å²) in [6.45, 7) is 2.32. The highest BCUT2D eigenvalue weighted by Gasteiger charge is 2.28. The second-order valence-corrected chi connectivity index (χ2v) is 4.65. The van der Waals surface area contributed by atoms with E-state index in [1.807, 2.05) is 0 Å². The van der Waals surface area contributed by atoms with Crippen LogP contribution in [-0.4, -0.2) is 12.1 Å². The van der Waals surface area contributed by atoms with Crippen molar-refractivity contribution in [1.29, 1.82) is 0 Å². The van der Waals surface area contributed by atoms with E-state index in [-0.39, 0.29) is 0 Å². The van der Waals surface area contributed by atoms with E-state index in [0.29, 0.717) is 0 Å². The lowest BCUT2D eigenvalue weighted by atomic mass is 9.83. The van der Waals surface area contributed by atoms with E-state index in [2.05, 4.69) is 12.2 Å². The van der Waals surface area contributed by atoms with E-state index in [1.54, 1.807) is 0 Å². The number of rotatable bonds is 1. The van der Waals surface area contributed by atoms with Crippen LogP contribution in [0.15, 0.2) is 0 Å². The second-order valence-electron chi connectivity index (χ2n) is 4.65. The normalized spacial score (nSPS) is 38.8. The molecule has 1 N–H and O–H groups in total. The molecule has 2 fully saturated rings. The molecule has 0 aromatic rings. The summed E-state index contributed by atoms with van der Waals surface area (Å²) in [6.07, 6.45) is 10.3. The van der Waals surface area contributed by atoms with Crippen molar-refractivity contribution in [2.75, 3.05) is 0 Å². The van der Waals surface area contributed by atoms with Gasteiger partial charge in [0, 0.05) is 12.1 Å². The first-order valence-corrected chi connectivity index (χ1v) is 5.62. The largest absolute Gasteiger partial charge is 0.311 e. The minimum atomic E-state index is 0.789. The summed E-state index contributed by atoms with van der Waals surface area (Å²) < 4.78 is 0. The Balaban J connectivity index is 1.83. The standard InChI is InChI=1S/C11H21N/c1-9-7-8-11(12-9)10-5-3-2-4-6-10/h9-12H,2-8H2,1H3/t9-,11+/m0/s1. The Morgan fingerprint density at radius 3 is 2.25 bits per heavy atom. The lowest BCUT2D eigenvalue weighted by Crippen LogP contribution is -2.34. The molecule has 0 spiro atoms. The third-order valence-corrected chi connectivity index (χ3v) is 3.63. The van der Waals surface area contributed by atoms with Crippen LogP contribution >= 0.6 is 0 Å². The van der Waals surface area contributed by atoms with Gasteiger partial charge < -0.3 is 5.32 Å². The highest BCUT2D eigenvalue weighted by atomic mass is 15.0. The molecule has 0 radical (unpaired) electrons. The molecular weight excluding hydrogens is 146 g/mol. The van der Waals surface area contributed by atoms with Crippen LogP contribution in [0.1, 0.15) is 51.9 Å². The van der Waals surface area contributed by atoms with Crippen molar-refractivity contribution < 1.29 is 0 Å². The van der Waals surface area contributed by atoms with Gasteiger partial charge in [-0.25, -0.2) is 0 Å². The molecule has 12 heavy (non-hydrogen) atoms. The summed E-state index contributed by atoms with van der Waals surface area (Å²) in [5, 5.41) is 3.72. The van der Waals surface area contributed by atoms with Crippen LogP contribution in [0.3, 0.4) is 0 Å². The molecule has 0 aromatic carbocycles. The first-order valence-electron chi connectivity index (χ1n) is 5.62. The van der Waals surface area contributed by atoms with Crippen LogP contribution in [-0.2, 0) is 0 Å². The molecule has 0 bridgehead atoms. The fourth-order valence-corrected chi connectivity index (χ4v) is 2.87. The zero-order chi connectivity index (χ0) is 8.39. The fraction of sp³-hybridized carbons (Fsp3) is 1.00. The zero-order valence-corrected chi connectivity index (χ0v) is 8.18. The maximum Gasteiger partial charge on any atom is 0.00983 e. The molecule has 2 rings (SSSR count). The predicted octanol–water partition coefficient (Wildman–Crippen LogP) is 2.71. The number of hydrogen-bond donors (Lipinski definition) is 1. The Labute approximate surface area is 75.9 Å². The van der Waals surface area contributed by atoms with Gasteiger partial charge in [0.25, 0.3) is 0 Å². The summed E-state index contributed by atoms with van der Waals surface area (Å²) in [6, 6.07) is 1.66. The second kappa shape index (κ2) is 3.78. The summed E-state index contributed by atoms with van der Waals surface area (Å²) in [5.41, 5.74) is 0. The van der Waals surface area contributed by atoms with Gasteiger partial charge in [0.2, 0.25) is 0 Å². The van der Waals surface area contributed by atoms with E-state index in [9.17, 15) is 0 Å². The van der Waals surface area contributed by atoms with Gasteiger partial charge in [0.05, 0.1) is 0 Å². The quantitative estimate of drug-likeness (QED) is 0.633. The van der Waals surface area contributed by atoms with Gasteiger partial charge in [-0.05, 0) is 38.5 Å². The van der Waals surface area contributed by atoms with Gasteiger partial charge in [-0.3, -0.25) is 0 Å². The van der Waals surface area contributed by atoms with Crippen molar-refractivity contribution in [3.63, 3.8) is 0 Å². The molecule has 1 heterocycles. The summed E-state index contributed by atoms with van der Waals surface area (Å²) in [4.78, 5) is 0. The highest BCUT2D eigenvalue weighted by Crippen LogP contribution is 2.31. The molecule has 0 unspecified atom stereocenters. The molecule has 1 aliphatic heterocycles. The maximum atomic E-state index is 3.72. The van der Waals surface area contributed by atoms with Crippen LogP contribution in [0.2, 0.25) is 0 Å². The summed E-state index contributed by atoms with van der Waals surface area (Å²) in [5.74, 6) is 1.02. The van der Waals surface area contributed by atoms with Crippen LogP contribution in [0.4, 0.5) is 0 Å². The Morgan fingerprint density at radius 2 is 1.67 bits per heavy atom. The van der Waals surface area contributed by atoms with Gasteiger partial charge in [-0.1, -0.05) is 19.3 Å². The fourth-order valence-electron chi connectivity index (χ4n) is 2.87.